The molecular formula is C16H29N3. The van der Waals surface area contributed by atoms with Crippen LogP contribution in [0.2, 0.25) is 0 Å². The van der Waals surface area contributed by atoms with Crippen LogP contribution >= 0.6 is 0 Å². The average molecular weight is 263 g/mol. The molecule has 108 valence electrons. The Balaban J connectivity index is 1.73. The molecule has 1 N–H and O–H groups in total. The van der Waals surface area contributed by atoms with Gasteiger partial charge in [-0.3, -0.25) is 0 Å². The Bertz CT molecular complexity index is 363. The van der Waals surface area contributed by atoms with Crippen molar-refractivity contribution in [1.82, 2.24) is 14.9 Å². The topological polar surface area (TPSA) is 29.9 Å². The second kappa shape index (κ2) is 5.66. The third-order valence-corrected chi connectivity index (χ3v) is 4.14. The summed E-state index contributed by atoms with van der Waals surface area (Å²) >= 11 is 0. The first-order valence-electron chi connectivity index (χ1n) is 7.56. The molecule has 0 aliphatic heterocycles. The predicted molar refractivity (Wildman–Crippen MR) is 80.0 cm³/mol. The van der Waals surface area contributed by atoms with E-state index in [1.54, 1.807) is 0 Å². The first kappa shape index (κ1) is 14.6. The van der Waals surface area contributed by atoms with Crippen LogP contribution in [0.25, 0.3) is 0 Å². The summed E-state index contributed by atoms with van der Waals surface area (Å²) in [7, 11) is 0. The smallest absolute Gasteiger partial charge is 0.0945 e. The van der Waals surface area contributed by atoms with Gasteiger partial charge >= 0.3 is 0 Å². The zero-order valence-electron chi connectivity index (χ0n) is 12.9. The summed E-state index contributed by atoms with van der Waals surface area (Å²) in [5.74, 6) is 0. The van der Waals surface area contributed by atoms with Gasteiger partial charge in [0.1, 0.15) is 0 Å². The molecule has 19 heavy (non-hydrogen) atoms. The van der Waals surface area contributed by atoms with E-state index in [1.165, 1.54) is 25.7 Å². The quantitative estimate of drug-likeness (QED) is 0.824. The number of nitrogens with zero attached hydrogens (tertiary/aromatic N) is 2. The maximum atomic E-state index is 4.07. The fraction of sp³-hybridized carbons (Fsp3) is 0.812. The van der Waals surface area contributed by atoms with Crippen LogP contribution in [0.4, 0.5) is 0 Å². The van der Waals surface area contributed by atoms with Gasteiger partial charge in [-0.05, 0) is 43.1 Å². The summed E-state index contributed by atoms with van der Waals surface area (Å²) in [5.41, 5.74) is 0.952. The molecular weight excluding hydrogens is 234 g/mol. The van der Waals surface area contributed by atoms with Crippen molar-refractivity contribution in [3.05, 3.63) is 18.7 Å². The lowest BCUT2D eigenvalue weighted by atomic mass is 9.63. The lowest BCUT2D eigenvalue weighted by Crippen LogP contribution is -2.44. The monoisotopic (exact) mass is 263 g/mol. The fourth-order valence-electron chi connectivity index (χ4n) is 3.98. The molecule has 3 heteroatoms. The number of nitrogens with one attached hydrogen (secondary N) is 1. The Kier molecular flexibility index (Phi) is 4.34. The Hall–Kier alpha value is -0.830. The SMILES string of the molecule is CC1(C)CC(NCCCn2ccnc2)CC(C)(C)C1. The number of aromatic nitrogens is 2. The molecule has 0 radical (unpaired) electrons. The lowest BCUT2D eigenvalue weighted by molar-refractivity contribution is 0.0850. The van der Waals surface area contributed by atoms with E-state index < -0.39 is 0 Å². The van der Waals surface area contributed by atoms with Crippen molar-refractivity contribution in [2.24, 2.45) is 10.8 Å². The molecule has 0 spiro atoms. The van der Waals surface area contributed by atoms with Crippen molar-refractivity contribution in [3.63, 3.8) is 0 Å². The summed E-state index contributed by atoms with van der Waals surface area (Å²) in [6, 6.07) is 0.682. The Morgan fingerprint density at radius 1 is 1.21 bits per heavy atom. The summed E-state index contributed by atoms with van der Waals surface area (Å²) in [5, 5.41) is 3.76. The minimum absolute atomic E-state index is 0.476. The molecule has 0 atom stereocenters. The number of hydrogen-bond acceptors (Lipinski definition) is 2. The van der Waals surface area contributed by atoms with Gasteiger partial charge in [0.15, 0.2) is 0 Å². The largest absolute Gasteiger partial charge is 0.337 e. The van der Waals surface area contributed by atoms with E-state index in [2.05, 4.69) is 42.6 Å². The lowest BCUT2D eigenvalue weighted by Gasteiger charge is -2.45. The average Bonchev–Trinajstić information content (AvgIpc) is 2.72. The minimum Gasteiger partial charge on any atom is -0.337 e. The first-order valence-corrected chi connectivity index (χ1v) is 7.56. The Morgan fingerprint density at radius 3 is 2.47 bits per heavy atom. The molecule has 2 rings (SSSR count). The molecule has 1 aromatic rings. The van der Waals surface area contributed by atoms with E-state index in [0.29, 0.717) is 16.9 Å². The van der Waals surface area contributed by atoms with Crippen LogP contribution in [0, 0.1) is 10.8 Å². The molecule has 1 heterocycles. The van der Waals surface area contributed by atoms with Gasteiger partial charge in [-0.2, -0.15) is 0 Å². The van der Waals surface area contributed by atoms with E-state index in [4.69, 9.17) is 0 Å². The summed E-state index contributed by atoms with van der Waals surface area (Å²) in [4.78, 5) is 4.07. The summed E-state index contributed by atoms with van der Waals surface area (Å²) in [6.45, 7) is 11.8. The van der Waals surface area contributed by atoms with Gasteiger partial charge in [0.2, 0.25) is 0 Å². The van der Waals surface area contributed by atoms with Gasteiger partial charge in [-0.15, -0.1) is 0 Å². The van der Waals surface area contributed by atoms with Crippen LogP contribution in [0.3, 0.4) is 0 Å². The van der Waals surface area contributed by atoms with Crippen molar-refractivity contribution in [2.45, 2.75) is 66.0 Å². The molecule has 3 nitrogen and oxygen atoms in total. The molecule has 1 aliphatic carbocycles. The summed E-state index contributed by atoms with van der Waals surface area (Å²) in [6.07, 6.45) is 10.9. The number of rotatable bonds is 5. The van der Waals surface area contributed by atoms with Gasteiger partial charge in [0, 0.05) is 25.0 Å². The third-order valence-electron chi connectivity index (χ3n) is 4.14. The van der Waals surface area contributed by atoms with Gasteiger partial charge in [-0.25, -0.2) is 4.98 Å². The van der Waals surface area contributed by atoms with E-state index in [0.717, 1.165) is 13.1 Å². The predicted octanol–water partition coefficient (Wildman–Crippen LogP) is 3.47. The van der Waals surface area contributed by atoms with E-state index in [-0.39, 0.29) is 0 Å². The number of hydrogen-bond donors (Lipinski definition) is 1. The molecule has 0 aromatic carbocycles. The molecule has 1 fully saturated rings. The van der Waals surface area contributed by atoms with Crippen LogP contribution < -0.4 is 5.32 Å². The molecule has 1 aliphatic rings. The van der Waals surface area contributed by atoms with E-state index >= 15 is 0 Å². The van der Waals surface area contributed by atoms with Crippen molar-refractivity contribution >= 4 is 0 Å². The Morgan fingerprint density at radius 2 is 1.89 bits per heavy atom. The highest BCUT2D eigenvalue weighted by molar-refractivity contribution is 4.92. The van der Waals surface area contributed by atoms with Crippen LogP contribution in [-0.4, -0.2) is 22.1 Å². The molecule has 0 bridgehead atoms. The fourth-order valence-corrected chi connectivity index (χ4v) is 3.98. The zero-order valence-corrected chi connectivity index (χ0v) is 12.9. The minimum atomic E-state index is 0.476. The second-order valence-corrected chi connectivity index (χ2v) is 7.72. The van der Waals surface area contributed by atoms with Gasteiger partial charge in [0.25, 0.3) is 0 Å². The number of aryl methyl sites for hydroxylation is 1. The molecule has 1 aromatic heterocycles. The highest BCUT2D eigenvalue weighted by Gasteiger charge is 2.37. The molecule has 0 saturated heterocycles. The van der Waals surface area contributed by atoms with Gasteiger partial charge < -0.3 is 9.88 Å². The van der Waals surface area contributed by atoms with Crippen molar-refractivity contribution in [3.8, 4) is 0 Å². The van der Waals surface area contributed by atoms with E-state index in [1.807, 2.05) is 18.7 Å². The maximum Gasteiger partial charge on any atom is 0.0945 e. The molecule has 0 amide bonds. The van der Waals surface area contributed by atoms with Crippen molar-refractivity contribution in [1.29, 1.82) is 0 Å². The zero-order chi connectivity index (χ0) is 13.9. The molecule has 0 unspecified atom stereocenters. The van der Waals surface area contributed by atoms with Crippen LogP contribution in [0.1, 0.15) is 53.4 Å². The first-order chi connectivity index (χ1) is 8.86. The standard InChI is InChI=1S/C16H29N3/c1-15(2)10-14(11-16(3,4)12-15)18-6-5-8-19-9-7-17-13-19/h7,9,13-14,18H,5-6,8,10-12H2,1-4H3. The normalized spacial score (nSPS) is 22.5. The van der Waals surface area contributed by atoms with Crippen LogP contribution in [0.15, 0.2) is 18.7 Å². The van der Waals surface area contributed by atoms with Gasteiger partial charge in [-0.1, -0.05) is 27.7 Å². The molecule has 1 saturated carbocycles. The van der Waals surface area contributed by atoms with Crippen LogP contribution in [0.5, 0.6) is 0 Å². The Labute approximate surface area is 117 Å². The van der Waals surface area contributed by atoms with E-state index in [9.17, 15) is 0 Å². The summed E-state index contributed by atoms with van der Waals surface area (Å²) < 4.78 is 2.15. The van der Waals surface area contributed by atoms with Crippen molar-refractivity contribution < 1.29 is 0 Å². The highest BCUT2D eigenvalue weighted by atomic mass is 15.0. The van der Waals surface area contributed by atoms with Crippen LogP contribution in [-0.2, 0) is 6.54 Å². The third kappa shape index (κ3) is 4.64. The second-order valence-electron chi connectivity index (χ2n) is 7.72. The van der Waals surface area contributed by atoms with Crippen molar-refractivity contribution in [2.75, 3.05) is 6.54 Å². The maximum absolute atomic E-state index is 4.07. The highest BCUT2D eigenvalue weighted by Crippen LogP contribution is 2.45. The number of imidazole rings is 1. The van der Waals surface area contributed by atoms with Gasteiger partial charge in [0.05, 0.1) is 6.33 Å².